The first-order chi connectivity index (χ1) is 16.6. The van der Waals surface area contributed by atoms with Gasteiger partial charge in [-0.25, -0.2) is 0 Å². The van der Waals surface area contributed by atoms with Crippen LogP contribution in [0.5, 0.6) is 0 Å². The third-order valence-electron chi connectivity index (χ3n) is 5.83. The highest BCUT2D eigenvalue weighted by Crippen LogP contribution is 2.23. The van der Waals surface area contributed by atoms with E-state index in [2.05, 4.69) is 10.5 Å². The van der Waals surface area contributed by atoms with Gasteiger partial charge in [0.15, 0.2) is 0 Å². The minimum Gasteiger partial charge on any atom is -0.399 e. The molecule has 34 heavy (non-hydrogen) atoms. The predicted molar refractivity (Wildman–Crippen MR) is 130 cm³/mol. The molecule has 0 aromatic heterocycles. The minimum atomic E-state index is -0.839. The molecule has 0 spiro atoms. The molecule has 3 aromatic rings. The van der Waals surface area contributed by atoms with Crippen LogP contribution in [-0.4, -0.2) is 53.8 Å². The summed E-state index contributed by atoms with van der Waals surface area (Å²) in [5.41, 5.74) is 3.87. The molecular formula is C27H27N3O4. The predicted octanol–water partition coefficient (Wildman–Crippen LogP) is 3.42. The normalized spacial score (nSPS) is 17.4. The lowest BCUT2D eigenvalue weighted by atomic mass is 10.0. The molecular weight excluding hydrogens is 430 g/mol. The molecule has 4 rings (SSSR count). The SMILES string of the molecule is CO/N=C1\CC(C(=O)NCC(O)c2ccccc2)N(C(=O)c2ccc(-c3ccccc3)cc2)C1. The Labute approximate surface area is 198 Å². The van der Waals surface area contributed by atoms with Gasteiger partial charge >= 0.3 is 0 Å². The van der Waals surface area contributed by atoms with Crippen molar-refractivity contribution in [3.8, 4) is 11.1 Å². The van der Waals surface area contributed by atoms with E-state index in [1.54, 1.807) is 24.3 Å². The molecule has 174 valence electrons. The number of rotatable bonds is 7. The van der Waals surface area contributed by atoms with Gasteiger partial charge in [-0.15, -0.1) is 0 Å². The molecule has 2 unspecified atom stereocenters. The maximum absolute atomic E-state index is 13.3. The Bertz CT molecular complexity index is 1150. The van der Waals surface area contributed by atoms with Crippen LogP contribution >= 0.6 is 0 Å². The molecule has 7 heteroatoms. The lowest BCUT2D eigenvalue weighted by Crippen LogP contribution is -2.46. The first-order valence-electron chi connectivity index (χ1n) is 11.1. The summed E-state index contributed by atoms with van der Waals surface area (Å²) in [6, 6.07) is 25.6. The Balaban J connectivity index is 1.47. The zero-order valence-corrected chi connectivity index (χ0v) is 18.9. The van der Waals surface area contributed by atoms with Crippen molar-refractivity contribution in [1.29, 1.82) is 0 Å². The maximum Gasteiger partial charge on any atom is 0.254 e. The molecule has 1 saturated heterocycles. The van der Waals surface area contributed by atoms with E-state index >= 15 is 0 Å². The molecule has 0 aliphatic carbocycles. The van der Waals surface area contributed by atoms with E-state index in [0.29, 0.717) is 16.8 Å². The van der Waals surface area contributed by atoms with Gasteiger partial charge in [0, 0.05) is 18.5 Å². The van der Waals surface area contributed by atoms with Crippen molar-refractivity contribution >= 4 is 17.5 Å². The van der Waals surface area contributed by atoms with Gasteiger partial charge in [0.1, 0.15) is 13.2 Å². The average molecular weight is 458 g/mol. The summed E-state index contributed by atoms with van der Waals surface area (Å²) in [5.74, 6) is -0.602. The second kappa shape index (κ2) is 10.8. The van der Waals surface area contributed by atoms with Crippen LogP contribution in [0.15, 0.2) is 90.1 Å². The van der Waals surface area contributed by atoms with Gasteiger partial charge in [-0.3, -0.25) is 9.59 Å². The van der Waals surface area contributed by atoms with Crippen LogP contribution in [-0.2, 0) is 9.63 Å². The van der Waals surface area contributed by atoms with E-state index in [9.17, 15) is 14.7 Å². The van der Waals surface area contributed by atoms with Crippen LogP contribution in [0.1, 0.15) is 28.4 Å². The van der Waals surface area contributed by atoms with Crippen molar-refractivity contribution in [3.05, 3.63) is 96.1 Å². The Hall–Kier alpha value is -3.97. The van der Waals surface area contributed by atoms with Gasteiger partial charge in [-0.1, -0.05) is 78.0 Å². The number of aliphatic hydroxyl groups excluding tert-OH is 1. The van der Waals surface area contributed by atoms with E-state index in [1.165, 1.54) is 12.0 Å². The number of likely N-dealkylation sites (tertiary alicyclic amines) is 1. The van der Waals surface area contributed by atoms with Crippen LogP contribution in [0.3, 0.4) is 0 Å². The highest BCUT2D eigenvalue weighted by atomic mass is 16.6. The van der Waals surface area contributed by atoms with Crippen molar-refractivity contribution in [3.63, 3.8) is 0 Å². The third-order valence-corrected chi connectivity index (χ3v) is 5.83. The van der Waals surface area contributed by atoms with Gasteiger partial charge in [0.25, 0.3) is 5.91 Å². The van der Waals surface area contributed by atoms with Crippen molar-refractivity contribution in [2.24, 2.45) is 5.16 Å². The summed E-state index contributed by atoms with van der Waals surface area (Å²) in [6.45, 7) is 0.246. The molecule has 0 saturated carbocycles. The van der Waals surface area contributed by atoms with Gasteiger partial charge in [-0.2, -0.15) is 0 Å². The van der Waals surface area contributed by atoms with Gasteiger partial charge in [0.05, 0.1) is 18.4 Å². The highest BCUT2D eigenvalue weighted by Gasteiger charge is 2.38. The van der Waals surface area contributed by atoms with Crippen molar-refractivity contribution in [2.45, 2.75) is 18.6 Å². The summed E-state index contributed by atoms with van der Waals surface area (Å²) in [7, 11) is 1.44. The summed E-state index contributed by atoms with van der Waals surface area (Å²) >= 11 is 0. The summed E-state index contributed by atoms with van der Waals surface area (Å²) < 4.78 is 0. The Kier molecular flexibility index (Phi) is 7.34. The van der Waals surface area contributed by atoms with Crippen LogP contribution < -0.4 is 5.32 Å². The fraction of sp³-hybridized carbons (Fsp3) is 0.222. The van der Waals surface area contributed by atoms with Crippen LogP contribution in [0.2, 0.25) is 0 Å². The molecule has 2 N–H and O–H groups in total. The second-order valence-electron chi connectivity index (χ2n) is 8.11. The quantitative estimate of drug-likeness (QED) is 0.532. The van der Waals surface area contributed by atoms with Gasteiger partial charge in [-0.05, 0) is 28.8 Å². The monoisotopic (exact) mass is 457 g/mol. The Morgan fingerprint density at radius 2 is 1.62 bits per heavy atom. The standard InChI is InChI=1S/C27H27N3O4/c1-34-29-23-16-24(26(32)28-17-25(31)21-10-6-3-7-11-21)30(18-23)27(33)22-14-12-20(13-15-22)19-8-4-2-5-9-19/h2-15,24-25,31H,16-18H2,1H3,(H,28,32)/b29-23+. The topological polar surface area (TPSA) is 91.2 Å². The van der Waals surface area contributed by atoms with Gasteiger partial charge in [0.2, 0.25) is 5.91 Å². The molecule has 1 heterocycles. The average Bonchev–Trinajstić information content (AvgIpc) is 3.32. The number of carbonyl (C=O) groups is 2. The number of aliphatic hydroxyl groups is 1. The summed E-state index contributed by atoms with van der Waals surface area (Å²) in [4.78, 5) is 32.7. The van der Waals surface area contributed by atoms with Crippen molar-refractivity contribution < 1.29 is 19.5 Å². The lowest BCUT2D eigenvalue weighted by molar-refractivity contribution is -0.125. The summed E-state index contributed by atoms with van der Waals surface area (Å²) in [6.07, 6.45) is -0.567. The smallest absolute Gasteiger partial charge is 0.254 e. The number of amides is 2. The second-order valence-corrected chi connectivity index (χ2v) is 8.11. The minimum absolute atomic E-state index is 0.0455. The first kappa shape index (κ1) is 23.2. The Morgan fingerprint density at radius 3 is 2.26 bits per heavy atom. The van der Waals surface area contributed by atoms with E-state index in [1.807, 2.05) is 60.7 Å². The van der Waals surface area contributed by atoms with Gasteiger partial charge < -0.3 is 20.2 Å². The molecule has 1 fully saturated rings. The number of nitrogens with zero attached hydrogens (tertiary/aromatic N) is 2. The molecule has 0 radical (unpaired) electrons. The first-order valence-corrected chi connectivity index (χ1v) is 11.1. The summed E-state index contributed by atoms with van der Waals surface area (Å²) in [5, 5.41) is 17.1. The van der Waals surface area contributed by atoms with E-state index in [-0.39, 0.29) is 31.3 Å². The fourth-order valence-corrected chi connectivity index (χ4v) is 4.06. The van der Waals surface area contributed by atoms with E-state index in [4.69, 9.17) is 4.84 Å². The van der Waals surface area contributed by atoms with Crippen LogP contribution in [0.25, 0.3) is 11.1 Å². The molecule has 3 aromatic carbocycles. The molecule has 2 atom stereocenters. The van der Waals surface area contributed by atoms with E-state index < -0.39 is 12.1 Å². The number of benzene rings is 3. The molecule has 1 aliphatic rings. The van der Waals surface area contributed by atoms with Crippen molar-refractivity contribution in [2.75, 3.05) is 20.2 Å². The largest absolute Gasteiger partial charge is 0.399 e. The fourth-order valence-electron chi connectivity index (χ4n) is 4.06. The van der Waals surface area contributed by atoms with Crippen LogP contribution in [0.4, 0.5) is 0 Å². The third kappa shape index (κ3) is 5.32. The zero-order chi connectivity index (χ0) is 23.9. The number of carbonyl (C=O) groups excluding carboxylic acids is 2. The Morgan fingerprint density at radius 1 is 1.00 bits per heavy atom. The van der Waals surface area contributed by atoms with Crippen LogP contribution in [0, 0.1) is 0 Å². The molecule has 1 aliphatic heterocycles. The number of oxime groups is 1. The molecule has 2 amide bonds. The number of hydrogen-bond donors (Lipinski definition) is 2. The molecule has 0 bridgehead atoms. The maximum atomic E-state index is 13.3. The highest BCUT2D eigenvalue weighted by molar-refractivity contribution is 6.05. The van der Waals surface area contributed by atoms with Crippen molar-refractivity contribution in [1.82, 2.24) is 10.2 Å². The lowest BCUT2D eigenvalue weighted by Gasteiger charge is -2.24. The number of hydrogen-bond acceptors (Lipinski definition) is 5. The zero-order valence-electron chi connectivity index (χ0n) is 18.9. The number of nitrogens with one attached hydrogen (secondary N) is 1. The molecule has 7 nitrogen and oxygen atoms in total. The van der Waals surface area contributed by atoms with E-state index in [0.717, 1.165) is 11.1 Å².